The van der Waals surface area contributed by atoms with Gasteiger partial charge in [-0.3, -0.25) is 14.6 Å². The van der Waals surface area contributed by atoms with Crippen molar-refractivity contribution in [2.24, 2.45) is 0 Å². The Morgan fingerprint density at radius 2 is 1.97 bits per heavy atom. The van der Waals surface area contributed by atoms with E-state index in [0.717, 1.165) is 41.0 Å². The fourth-order valence-corrected chi connectivity index (χ4v) is 3.69. The number of nitrogens with one attached hydrogen (secondary N) is 1. The summed E-state index contributed by atoms with van der Waals surface area (Å²) in [7, 11) is 0. The molecule has 4 rings (SSSR count). The van der Waals surface area contributed by atoms with E-state index in [0.29, 0.717) is 5.02 Å². The van der Waals surface area contributed by atoms with Gasteiger partial charge in [-0.15, -0.1) is 0 Å². The number of rotatable bonds is 6. The van der Waals surface area contributed by atoms with Crippen molar-refractivity contribution in [3.05, 3.63) is 88.7 Å². The Bertz CT molecular complexity index is 1050. The van der Waals surface area contributed by atoms with Gasteiger partial charge in [0.15, 0.2) is 0 Å². The molecule has 0 atom stereocenters. The van der Waals surface area contributed by atoms with E-state index < -0.39 is 0 Å². The van der Waals surface area contributed by atoms with E-state index in [2.05, 4.69) is 10.3 Å². The molecule has 0 bridgehead atoms. The van der Waals surface area contributed by atoms with Crippen LogP contribution in [-0.4, -0.2) is 23.3 Å². The molecule has 3 aromatic rings. The number of nitrogens with zero attached hydrogens (tertiary/aromatic N) is 2. The van der Waals surface area contributed by atoms with Gasteiger partial charge in [0.25, 0.3) is 0 Å². The summed E-state index contributed by atoms with van der Waals surface area (Å²) in [6.07, 6.45) is 3.73. The number of hydrogen-bond acceptors (Lipinski definition) is 3. The Morgan fingerprint density at radius 3 is 2.79 bits per heavy atom. The molecule has 1 aliphatic rings. The van der Waals surface area contributed by atoms with Crippen LogP contribution in [0.3, 0.4) is 0 Å². The second-order valence-corrected chi connectivity index (χ2v) is 7.44. The fourth-order valence-electron chi connectivity index (χ4n) is 3.49. The van der Waals surface area contributed by atoms with E-state index in [4.69, 9.17) is 11.6 Å². The number of carbonyl (C=O) groups is 2. The van der Waals surface area contributed by atoms with Gasteiger partial charge >= 0.3 is 0 Å². The van der Waals surface area contributed by atoms with Crippen molar-refractivity contribution in [1.29, 1.82) is 0 Å². The highest BCUT2D eigenvalue weighted by Gasteiger charge is 2.28. The van der Waals surface area contributed by atoms with Crippen LogP contribution in [-0.2, 0) is 28.9 Å². The second-order valence-electron chi connectivity index (χ2n) is 7.00. The molecule has 0 radical (unpaired) electrons. The number of pyridine rings is 1. The molecular formula is C23H20ClN3O2. The Balaban J connectivity index is 1.38. The Hall–Kier alpha value is -3.18. The summed E-state index contributed by atoms with van der Waals surface area (Å²) in [6, 6.07) is 18.9. The van der Waals surface area contributed by atoms with E-state index in [1.807, 2.05) is 42.5 Å². The molecule has 5 nitrogen and oxygen atoms in total. The minimum Gasteiger partial charge on any atom is -0.325 e. The first kappa shape index (κ1) is 19.2. The fraction of sp³-hybridized carbons (Fsp3) is 0.174. The topological polar surface area (TPSA) is 62.3 Å². The maximum Gasteiger partial charge on any atom is 0.244 e. The van der Waals surface area contributed by atoms with Crippen molar-refractivity contribution < 1.29 is 9.59 Å². The van der Waals surface area contributed by atoms with Crippen LogP contribution in [0.1, 0.15) is 16.8 Å². The minimum atomic E-state index is -0.233. The zero-order valence-corrected chi connectivity index (χ0v) is 16.5. The number of hydrogen-bond donors (Lipinski definition) is 1. The van der Waals surface area contributed by atoms with Crippen LogP contribution in [0, 0.1) is 0 Å². The van der Waals surface area contributed by atoms with E-state index in [1.165, 1.54) is 4.90 Å². The third-order valence-corrected chi connectivity index (χ3v) is 5.12. The Labute approximate surface area is 174 Å². The van der Waals surface area contributed by atoms with Crippen molar-refractivity contribution in [1.82, 2.24) is 4.98 Å². The lowest BCUT2D eigenvalue weighted by atomic mass is 10.1. The van der Waals surface area contributed by atoms with Gasteiger partial charge in [0, 0.05) is 28.3 Å². The van der Waals surface area contributed by atoms with Gasteiger partial charge in [0.2, 0.25) is 11.8 Å². The molecule has 2 amide bonds. The number of aromatic nitrogens is 1. The summed E-state index contributed by atoms with van der Waals surface area (Å²) in [5, 5.41) is 3.48. The zero-order chi connectivity index (χ0) is 20.2. The number of aryl methyl sites for hydroxylation is 2. The summed E-state index contributed by atoms with van der Waals surface area (Å²) in [6.45, 7) is -0.0222. The normalized spacial score (nSPS) is 12.7. The Kier molecular flexibility index (Phi) is 5.58. The molecule has 2 aromatic carbocycles. The van der Waals surface area contributed by atoms with Crippen molar-refractivity contribution >= 4 is 34.8 Å². The SMILES string of the molecule is O=C(CN1C(=O)Cc2cc(Cl)ccc21)Nc1cccc(CCc2ccccn2)c1. The maximum absolute atomic E-state index is 12.5. The molecule has 2 heterocycles. The van der Waals surface area contributed by atoms with Crippen molar-refractivity contribution in [3.63, 3.8) is 0 Å². The van der Waals surface area contributed by atoms with Crippen LogP contribution in [0.4, 0.5) is 11.4 Å². The van der Waals surface area contributed by atoms with E-state index >= 15 is 0 Å². The summed E-state index contributed by atoms with van der Waals surface area (Å²) in [5.41, 5.74) is 4.47. The smallest absolute Gasteiger partial charge is 0.244 e. The third-order valence-electron chi connectivity index (χ3n) is 4.88. The molecule has 1 aliphatic heterocycles. The van der Waals surface area contributed by atoms with Crippen LogP contribution >= 0.6 is 11.6 Å². The van der Waals surface area contributed by atoms with E-state index in [9.17, 15) is 9.59 Å². The van der Waals surface area contributed by atoms with Gasteiger partial charge in [-0.1, -0.05) is 29.8 Å². The molecule has 0 unspecified atom stereocenters. The molecule has 0 fully saturated rings. The molecule has 0 spiro atoms. The highest BCUT2D eigenvalue weighted by atomic mass is 35.5. The van der Waals surface area contributed by atoms with Gasteiger partial charge in [0.1, 0.15) is 6.54 Å². The largest absolute Gasteiger partial charge is 0.325 e. The third kappa shape index (κ3) is 4.63. The summed E-state index contributed by atoms with van der Waals surface area (Å²) < 4.78 is 0. The average Bonchev–Trinajstić information content (AvgIpc) is 3.01. The standard InChI is InChI=1S/C23H20ClN3O2/c24-18-8-10-21-17(13-18)14-23(29)27(21)15-22(28)26-20-6-3-4-16(12-20)7-9-19-5-1-2-11-25-19/h1-6,8,10-13H,7,9,14-15H2,(H,26,28). The molecule has 146 valence electrons. The summed E-state index contributed by atoms with van der Waals surface area (Å²) in [5.74, 6) is -0.329. The first-order chi connectivity index (χ1) is 14.1. The first-order valence-electron chi connectivity index (χ1n) is 9.46. The predicted octanol–water partition coefficient (Wildman–Crippen LogP) is 4.05. The molecule has 6 heteroatoms. The van der Waals surface area contributed by atoms with Crippen LogP contribution in [0.5, 0.6) is 0 Å². The van der Waals surface area contributed by atoms with Crippen LogP contribution < -0.4 is 10.2 Å². The van der Waals surface area contributed by atoms with Crippen LogP contribution in [0.15, 0.2) is 66.9 Å². The first-order valence-corrected chi connectivity index (χ1v) is 9.84. The van der Waals surface area contributed by atoms with Gasteiger partial charge in [-0.25, -0.2) is 0 Å². The number of halogens is 1. The highest BCUT2D eigenvalue weighted by Crippen LogP contribution is 2.31. The maximum atomic E-state index is 12.5. The molecule has 1 aromatic heterocycles. The van der Waals surface area contributed by atoms with E-state index in [-0.39, 0.29) is 24.8 Å². The van der Waals surface area contributed by atoms with Crippen LogP contribution in [0.25, 0.3) is 0 Å². The lowest BCUT2D eigenvalue weighted by Gasteiger charge is -2.17. The Morgan fingerprint density at radius 1 is 1.07 bits per heavy atom. The number of fused-ring (bicyclic) bond motifs is 1. The number of carbonyl (C=O) groups excluding carboxylic acids is 2. The average molecular weight is 406 g/mol. The molecule has 29 heavy (non-hydrogen) atoms. The molecule has 0 saturated carbocycles. The van der Waals surface area contributed by atoms with E-state index in [1.54, 1.807) is 24.4 Å². The van der Waals surface area contributed by atoms with Gasteiger partial charge < -0.3 is 10.2 Å². The van der Waals surface area contributed by atoms with Gasteiger partial charge in [-0.05, 0) is 66.4 Å². The van der Waals surface area contributed by atoms with Gasteiger partial charge in [0.05, 0.1) is 6.42 Å². The zero-order valence-electron chi connectivity index (χ0n) is 15.8. The monoisotopic (exact) mass is 405 g/mol. The molecular weight excluding hydrogens is 386 g/mol. The van der Waals surface area contributed by atoms with Crippen molar-refractivity contribution in [2.45, 2.75) is 19.3 Å². The number of amides is 2. The lowest BCUT2D eigenvalue weighted by molar-refractivity contribution is -0.120. The summed E-state index contributed by atoms with van der Waals surface area (Å²) >= 11 is 6.00. The van der Waals surface area contributed by atoms with Crippen molar-refractivity contribution in [2.75, 3.05) is 16.8 Å². The lowest BCUT2D eigenvalue weighted by Crippen LogP contribution is -2.35. The molecule has 0 saturated heterocycles. The quantitative estimate of drug-likeness (QED) is 0.673. The van der Waals surface area contributed by atoms with Gasteiger partial charge in [-0.2, -0.15) is 0 Å². The molecule has 0 aliphatic carbocycles. The second kappa shape index (κ2) is 8.45. The number of anilines is 2. The van der Waals surface area contributed by atoms with Crippen molar-refractivity contribution in [3.8, 4) is 0 Å². The number of benzene rings is 2. The highest BCUT2D eigenvalue weighted by molar-refractivity contribution is 6.31. The summed E-state index contributed by atoms with van der Waals surface area (Å²) in [4.78, 5) is 30.7. The molecule has 1 N–H and O–H groups in total. The minimum absolute atomic E-state index is 0.0222. The predicted molar refractivity (Wildman–Crippen MR) is 114 cm³/mol. The van der Waals surface area contributed by atoms with Crippen LogP contribution in [0.2, 0.25) is 5.02 Å².